The molecule has 2 heterocycles. The van der Waals surface area contributed by atoms with Crippen molar-refractivity contribution in [2.24, 2.45) is 0 Å². The first-order valence-corrected chi connectivity index (χ1v) is 8.55. The lowest BCUT2D eigenvalue weighted by atomic mass is 10.2. The molecule has 0 spiro atoms. The minimum absolute atomic E-state index is 0.146. The van der Waals surface area contributed by atoms with Crippen LogP contribution in [0.5, 0.6) is 0 Å². The molecule has 1 aromatic carbocycles. The Labute approximate surface area is 141 Å². The van der Waals surface area contributed by atoms with Crippen LogP contribution in [0.2, 0.25) is 0 Å². The number of fused-ring (bicyclic) bond motifs is 1. The van der Waals surface area contributed by atoms with Crippen LogP contribution in [0.3, 0.4) is 0 Å². The fourth-order valence-corrected chi connectivity index (χ4v) is 2.95. The fraction of sp³-hybridized carbons (Fsp3) is 0.368. The SMILES string of the molecule is CCn1c(CCCCCNC(=O)c2ccco2)nc2ccccc21. The minimum Gasteiger partial charge on any atom is -0.459 e. The topological polar surface area (TPSA) is 60.1 Å². The molecular weight excluding hydrogens is 302 g/mol. The summed E-state index contributed by atoms with van der Waals surface area (Å²) in [5, 5.41) is 2.87. The summed E-state index contributed by atoms with van der Waals surface area (Å²) in [4.78, 5) is 16.5. The van der Waals surface area contributed by atoms with Crippen molar-refractivity contribution in [1.29, 1.82) is 0 Å². The van der Waals surface area contributed by atoms with Crippen LogP contribution in [0.15, 0.2) is 47.1 Å². The molecule has 3 aromatic rings. The van der Waals surface area contributed by atoms with Gasteiger partial charge in [0.1, 0.15) is 5.82 Å². The molecule has 0 unspecified atom stereocenters. The van der Waals surface area contributed by atoms with Crippen LogP contribution in [0.25, 0.3) is 11.0 Å². The smallest absolute Gasteiger partial charge is 0.286 e. The van der Waals surface area contributed by atoms with Crippen LogP contribution in [0.4, 0.5) is 0 Å². The summed E-state index contributed by atoms with van der Waals surface area (Å²) in [5.41, 5.74) is 2.28. The van der Waals surface area contributed by atoms with E-state index in [4.69, 9.17) is 9.40 Å². The first-order chi connectivity index (χ1) is 11.8. The molecule has 0 fully saturated rings. The first kappa shape index (κ1) is 16.3. The fourth-order valence-electron chi connectivity index (χ4n) is 2.95. The van der Waals surface area contributed by atoms with E-state index in [1.54, 1.807) is 12.1 Å². The van der Waals surface area contributed by atoms with Crippen LogP contribution < -0.4 is 5.32 Å². The first-order valence-electron chi connectivity index (χ1n) is 8.55. The molecule has 0 radical (unpaired) electrons. The summed E-state index contributed by atoms with van der Waals surface area (Å²) < 4.78 is 7.35. The molecule has 0 bridgehead atoms. The van der Waals surface area contributed by atoms with Gasteiger partial charge in [-0.05, 0) is 44.0 Å². The second kappa shape index (κ2) is 7.81. The number of rotatable bonds is 8. The van der Waals surface area contributed by atoms with E-state index >= 15 is 0 Å². The summed E-state index contributed by atoms with van der Waals surface area (Å²) >= 11 is 0. The molecule has 126 valence electrons. The highest BCUT2D eigenvalue weighted by Crippen LogP contribution is 2.17. The minimum atomic E-state index is -0.146. The van der Waals surface area contributed by atoms with Crippen LogP contribution in [0, 0.1) is 0 Å². The molecule has 0 aliphatic rings. The number of aromatic nitrogens is 2. The van der Waals surface area contributed by atoms with Crippen molar-refractivity contribution >= 4 is 16.9 Å². The van der Waals surface area contributed by atoms with Crippen molar-refractivity contribution in [3.8, 4) is 0 Å². The number of nitrogens with one attached hydrogen (secondary N) is 1. The van der Waals surface area contributed by atoms with E-state index < -0.39 is 0 Å². The van der Waals surface area contributed by atoms with E-state index in [1.807, 2.05) is 6.07 Å². The monoisotopic (exact) mass is 325 g/mol. The quantitative estimate of drug-likeness (QED) is 0.641. The van der Waals surface area contributed by atoms with Gasteiger partial charge in [0.2, 0.25) is 0 Å². The molecule has 0 aliphatic heterocycles. The molecule has 5 nitrogen and oxygen atoms in total. The summed E-state index contributed by atoms with van der Waals surface area (Å²) in [6.45, 7) is 3.76. The Balaban J connectivity index is 1.43. The lowest BCUT2D eigenvalue weighted by Crippen LogP contribution is -2.23. The van der Waals surface area contributed by atoms with Crippen LogP contribution >= 0.6 is 0 Å². The number of imidazole rings is 1. The number of para-hydroxylation sites is 2. The largest absolute Gasteiger partial charge is 0.459 e. The normalized spacial score (nSPS) is 11.0. The van der Waals surface area contributed by atoms with E-state index in [-0.39, 0.29) is 5.91 Å². The van der Waals surface area contributed by atoms with E-state index in [0.29, 0.717) is 12.3 Å². The van der Waals surface area contributed by atoms with Crippen LogP contribution in [-0.4, -0.2) is 22.0 Å². The molecule has 1 amide bonds. The maximum atomic E-state index is 11.7. The van der Waals surface area contributed by atoms with Crippen molar-refractivity contribution in [2.45, 2.75) is 39.2 Å². The van der Waals surface area contributed by atoms with Crippen LogP contribution in [0.1, 0.15) is 42.6 Å². The van der Waals surface area contributed by atoms with Gasteiger partial charge in [-0.25, -0.2) is 4.98 Å². The third kappa shape index (κ3) is 3.67. The third-order valence-corrected chi connectivity index (χ3v) is 4.16. The van der Waals surface area contributed by atoms with Gasteiger partial charge in [-0.3, -0.25) is 4.79 Å². The van der Waals surface area contributed by atoms with Gasteiger partial charge >= 0.3 is 0 Å². The number of hydrogen-bond donors (Lipinski definition) is 1. The zero-order valence-corrected chi connectivity index (χ0v) is 14.0. The number of benzene rings is 1. The number of nitrogens with zero attached hydrogens (tertiary/aromatic N) is 2. The molecule has 0 atom stereocenters. The molecular formula is C19H23N3O2. The van der Waals surface area contributed by atoms with Gasteiger partial charge < -0.3 is 14.3 Å². The predicted molar refractivity (Wildman–Crippen MR) is 94.0 cm³/mol. The molecule has 3 rings (SSSR count). The maximum absolute atomic E-state index is 11.7. The molecule has 1 N–H and O–H groups in total. The van der Waals surface area contributed by atoms with Gasteiger partial charge in [-0.15, -0.1) is 0 Å². The van der Waals surface area contributed by atoms with Gasteiger partial charge in [0, 0.05) is 19.5 Å². The summed E-state index contributed by atoms with van der Waals surface area (Å²) in [6, 6.07) is 11.7. The average molecular weight is 325 g/mol. The zero-order valence-electron chi connectivity index (χ0n) is 14.0. The number of hydrogen-bond acceptors (Lipinski definition) is 3. The summed E-state index contributed by atoms with van der Waals surface area (Å²) in [5.74, 6) is 1.37. The Morgan fingerprint density at radius 2 is 2.04 bits per heavy atom. The number of carbonyl (C=O) groups excluding carboxylic acids is 1. The molecule has 5 heteroatoms. The Hall–Kier alpha value is -2.56. The van der Waals surface area contributed by atoms with Crippen molar-refractivity contribution in [3.63, 3.8) is 0 Å². The number of unbranched alkanes of at least 4 members (excludes halogenated alkanes) is 2. The Morgan fingerprint density at radius 1 is 1.17 bits per heavy atom. The molecule has 0 aliphatic carbocycles. The van der Waals surface area contributed by atoms with E-state index in [9.17, 15) is 4.79 Å². The number of carbonyl (C=O) groups is 1. The maximum Gasteiger partial charge on any atom is 0.286 e. The Kier molecular flexibility index (Phi) is 5.31. The van der Waals surface area contributed by atoms with E-state index in [1.165, 1.54) is 11.8 Å². The Bertz CT molecular complexity index is 790. The predicted octanol–water partition coefficient (Wildman–Crippen LogP) is 3.79. The highest BCUT2D eigenvalue weighted by molar-refractivity contribution is 5.91. The van der Waals surface area contributed by atoms with Gasteiger partial charge in [-0.1, -0.05) is 18.6 Å². The average Bonchev–Trinajstić information content (AvgIpc) is 3.24. The number of furan rings is 1. The highest BCUT2D eigenvalue weighted by atomic mass is 16.3. The van der Waals surface area contributed by atoms with E-state index in [2.05, 4.69) is 35.0 Å². The third-order valence-electron chi connectivity index (χ3n) is 4.16. The second-order valence-corrected chi connectivity index (χ2v) is 5.80. The van der Waals surface area contributed by atoms with E-state index in [0.717, 1.165) is 43.6 Å². The summed E-state index contributed by atoms with van der Waals surface area (Å²) in [6.07, 6.45) is 5.56. The lowest BCUT2D eigenvalue weighted by Gasteiger charge is -2.06. The van der Waals surface area contributed by atoms with Gasteiger partial charge in [0.15, 0.2) is 5.76 Å². The molecule has 0 saturated heterocycles. The standard InChI is InChI=1S/C19H23N3O2/c1-2-22-16-10-6-5-9-15(16)21-18(22)12-4-3-7-13-20-19(23)17-11-8-14-24-17/h5-6,8-11,14H,2-4,7,12-13H2,1H3,(H,20,23). The zero-order chi connectivity index (χ0) is 16.8. The summed E-state index contributed by atoms with van der Waals surface area (Å²) in [7, 11) is 0. The van der Waals surface area contributed by atoms with Gasteiger partial charge in [0.25, 0.3) is 5.91 Å². The lowest BCUT2D eigenvalue weighted by molar-refractivity contribution is 0.0925. The Morgan fingerprint density at radius 3 is 2.83 bits per heavy atom. The van der Waals surface area contributed by atoms with Crippen molar-refractivity contribution in [1.82, 2.24) is 14.9 Å². The molecule has 2 aromatic heterocycles. The molecule has 0 saturated carbocycles. The van der Waals surface area contributed by atoms with Crippen molar-refractivity contribution in [3.05, 3.63) is 54.2 Å². The number of aryl methyl sites for hydroxylation is 2. The van der Waals surface area contributed by atoms with Crippen molar-refractivity contribution < 1.29 is 9.21 Å². The van der Waals surface area contributed by atoms with Gasteiger partial charge in [-0.2, -0.15) is 0 Å². The van der Waals surface area contributed by atoms with Crippen LogP contribution in [-0.2, 0) is 13.0 Å². The van der Waals surface area contributed by atoms with Gasteiger partial charge in [0.05, 0.1) is 17.3 Å². The molecule has 24 heavy (non-hydrogen) atoms. The second-order valence-electron chi connectivity index (χ2n) is 5.80. The highest BCUT2D eigenvalue weighted by Gasteiger charge is 2.09. The van der Waals surface area contributed by atoms with Crippen molar-refractivity contribution in [2.75, 3.05) is 6.54 Å². The number of amides is 1.